The van der Waals surface area contributed by atoms with Crippen molar-refractivity contribution in [1.82, 2.24) is 9.13 Å². The van der Waals surface area contributed by atoms with E-state index in [2.05, 4.69) is 28.8 Å². The van der Waals surface area contributed by atoms with Gasteiger partial charge in [0.25, 0.3) is 0 Å². The number of aryl methyl sites for hydroxylation is 1. The first-order valence-corrected chi connectivity index (χ1v) is 19.1. The molecule has 0 aliphatic heterocycles. The summed E-state index contributed by atoms with van der Waals surface area (Å²) in [5, 5.41) is 16.2. The average molecular weight is 760 g/mol. The first-order chi connectivity index (χ1) is 28.4. The van der Waals surface area contributed by atoms with Gasteiger partial charge < -0.3 is 18.0 Å². The fourth-order valence-electron chi connectivity index (χ4n) is 9.38. The Kier molecular flexibility index (Phi) is 6.63. The van der Waals surface area contributed by atoms with E-state index in [0.717, 1.165) is 78.4 Å². The van der Waals surface area contributed by atoms with Crippen LogP contribution < -0.4 is 0 Å². The number of nitriles is 1. The van der Waals surface area contributed by atoms with Crippen molar-refractivity contribution in [3.8, 4) is 28.6 Å². The van der Waals surface area contributed by atoms with Crippen LogP contribution in [0.3, 0.4) is 0 Å². The molecule has 0 N–H and O–H groups in total. The lowest BCUT2D eigenvalue weighted by Gasteiger charge is -2.22. The number of nitrogens with zero attached hydrogens (tertiary/aromatic N) is 3. The zero-order chi connectivity index (χ0) is 38.9. The van der Waals surface area contributed by atoms with Gasteiger partial charge in [-0.15, -0.1) is 0 Å². The Morgan fingerprint density at radius 3 is 1.91 bits per heavy atom. The van der Waals surface area contributed by atoms with Crippen LogP contribution in [0, 0.1) is 11.3 Å². The van der Waals surface area contributed by atoms with E-state index in [0.29, 0.717) is 33.6 Å². The van der Waals surface area contributed by atoms with Crippen molar-refractivity contribution in [3.05, 3.63) is 162 Å². The number of furan rings is 2. The highest BCUT2D eigenvalue weighted by Crippen LogP contribution is 2.48. The van der Waals surface area contributed by atoms with Gasteiger partial charge in [0.1, 0.15) is 11.3 Å². The monoisotopic (exact) mass is 759 g/mol. The predicted octanol–water partition coefficient (Wildman–Crippen LogP) is 14.0. The van der Waals surface area contributed by atoms with Crippen LogP contribution in [0.2, 0.25) is 0 Å². The summed E-state index contributed by atoms with van der Waals surface area (Å²) >= 11 is 0. The molecule has 8 heteroatoms. The van der Waals surface area contributed by atoms with Crippen LogP contribution in [0.5, 0.6) is 0 Å². The maximum absolute atomic E-state index is 15.8. The third kappa shape index (κ3) is 4.47. The van der Waals surface area contributed by atoms with Crippen LogP contribution in [-0.4, -0.2) is 9.13 Å². The Morgan fingerprint density at radius 1 is 0.586 bits per heavy atom. The molecule has 0 amide bonds. The molecule has 0 saturated carbocycles. The van der Waals surface area contributed by atoms with E-state index in [1.165, 1.54) is 12.1 Å². The van der Waals surface area contributed by atoms with Gasteiger partial charge in [-0.3, -0.25) is 0 Å². The van der Waals surface area contributed by atoms with E-state index in [-0.39, 0.29) is 16.7 Å². The highest BCUT2D eigenvalue weighted by molar-refractivity contribution is 6.22. The molecule has 1 aliphatic rings. The van der Waals surface area contributed by atoms with E-state index in [1.807, 2.05) is 95.6 Å². The Morgan fingerprint density at radius 2 is 1.21 bits per heavy atom. The zero-order valence-electron chi connectivity index (χ0n) is 30.6. The van der Waals surface area contributed by atoms with Gasteiger partial charge in [-0.05, 0) is 78.6 Å². The first kappa shape index (κ1) is 32.7. The number of hydrogen-bond donors (Lipinski definition) is 0. The molecule has 0 fully saturated rings. The summed E-state index contributed by atoms with van der Waals surface area (Å²) in [6.07, 6.45) is 1.07. The van der Waals surface area contributed by atoms with Crippen molar-refractivity contribution in [2.24, 2.45) is 0 Å². The quantitative estimate of drug-likeness (QED) is 0.180. The number of aromatic nitrogens is 2. The SMILES string of the molecule is N#Cc1cccc(-c2cc(-n3c4ccccc4c4ccc5c6c(oc5c43)C=CCC6)c(-n3c4ccccc4c4ccc5c6ccccc6oc5c43)cc2C(F)(F)F)c1. The second-order valence-corrected chi connectivity index (χ2v) is 14.9. The van der Waals surface area contributed by atoms with Crippen molar-refractivity contribution in [3.63, 3.8) is 0 Å². The molecule has 0 spiro atoms. The summed E-state index contributed by atoms with van der Waals surface area (Å²) in [6, 6.07) is 43.2. The van der Waals surface area contributed by atoms with Gasteiger partial charge in [0.2, 0.25) is 0 Å². The molecular formula is C50H28F3N3O2. The molecule has 4 heterocycles. The number of hydrogen-bond acceptors (Lipinski definition) is 3. The molecular weight excluding hydrogens is 732 g/mol. The summed E-state index contributed by atoms with van der Waals surface area (Å²) in [4.78, 5) is 0. The van der Waals surface area contributed by atoms with Crippen LogP contribution in [0.4, 0.5) is 13.2 Å². The minimum atomic E-state index is -4.76. The van der Waals surface area contributed by atoms with Crippen molar-refractivity contribution in [2.45, 2.75) is 19.0 Å². The molecule has 0 radical (unpaired) electrons. The van der Waals surface area contributed by atoms with Gasteiger partial charge >= 0.3 is 6.18 Å². The van der Waals surface area contributed by atoms with Crippen molar-refractivity contribution in [1.29, 1.82) is 5.26 Å². The van der Waals surface area contributed by atoms with E-state index in [1.54, 1.807) is 24.3 Å². The van der Waals surface area contributed by atoms with Gasteiger partial charge in [-0.2, -0.15) is 18.4 Å². The third-order valence-corrected chi connectivity index (χ3v) is 11.8. The van der Waals surface area contributed by atoms with Gasteiger partial charge in [0, 0.05) is 43.3 Å². The van der Waals surface area contributed by atoms with Gasteiger partial charge in [-0.1, -0.05) is 91.0 Å². The molecule has 58 heavy (non-hydrogen) atoms. The lowest BCUT2D eigenvalue weighted by molar-refractivity contribution is -0.137. The second kappa shape index (κ2) is 11.8. The van der Waals surface area contributed by atoms with Gasteiger partial charge in [0.05, 0.1) is 50.6 Å². The molecule has 11 aromatic rings. The smallest absolute Gasteiger partial charge is 0.417 e. The number of allylic oxidation sites excluding steroid dienone is 1. The molecule has 0 unspecified atom stereocenters. The Labute approximate surface area is 327 Å². The summed E-state index contributed by atoms with van der Waals surface area (Å²) in [5.41, 5.74) is 6.50. The lowest BCUT2D eigenvalue weighted by atomic mass is 9.95. The topological polar surface area (TPSA) is 59.9 Å². The van der Waals surface area contributed by atoms with Crippen LogP contribution >= 0.6 is 0 Å². The van der Waals surface area contributed by atoms with Crippen LogP contribution in [0.1, 0.15) is 28.9 Å². The van der Waals surface area contributed by atoms with E-state index >= 15 is 13.2 Å². The number of para-hydroxylation sites is 3. The minimum absolute atomic E-state index is 0.0437. The highest BCUT2D eigenvalue weighted by atomic mass is 19.4. The zero-order valence-corrected chi connectivity index (χ0v) is 30.6. The van der Waals surface area contributed by atoms with Gasteiger partial charge in [-0.25, -0.2) is 0 Å². The maximum Gasteiger partial charge on any atom is 0.417 e. The maximum atomic E-state index is 15.8. The van der Waals surface area contributed by atoms with Crippen LogP contribution in [-0.2, 0) is 12.6 Å². The van der Waals surface area contributed by atoms with Crippen molar-refractivity contribution < 1.29 is 22.0 Å². The van der Waals surface area contributed by atoms with Crippen molar-refractivity contribution >= 4 is 82.6 Å². The minimum Gasteiger partial charge on any atom is -0.454 e. The fraction of sp³-hybridized carbons (Fsp3) is 0.0600. The molecule has 276 valence electrons. The molecule has 4 aromatic heterocycles. The highest BCUT2D eigenvalue weighted by Gasteiger charge is 2.37. The molecule has 7 aromatic carbocycles. The Hall–Kier alpha value is -7.50. The van der Waals surface area contributed by atoms with Gasteiger partial charge in [0.15, 0.2) is 11.2 Å². The molecule has 0 saturated heterocycles. The lowest BCUT2D eigenvalue weighted by Crippen LogP contribution is -2.12. The second-order valence-electron chi connectivity index (χ2n) is 14.9. The number of alkyl halides is 3. The molecule has 5 nitrogen and oxygen atoms in total. The van der Waals surface area contributed by atoms with Crippen LogP contribution in [0.15, 0.2) is 148 Å². The number of halogens is 3. The van der Waals surface area contributed by atoms with E-state index in [9.17, 15) is 5.26 Å². The van der Waals surface area contributed by atoms with Crippen molar-refractivity contribution in [2.75, 3.05) is 0 Å². The molecule has 12 rings (SSSR count). The summed E-state index contributed by atoms with van der Waals surface area (Å²) in [7, 11) is 0. The number of rotatable bonds is 3. The molecule has 0 bridgehead atoms. The number of fused-ring (bicyclic) bond motifs is 14. The summed E-state index contributed by atoms with van der Waals surface area (Å²) in [5.74, 6) is 0.793. The largest absolute Gasteiger partial charge is 0.454 e. The standard InChI is InChI=1S/C50H28F3N3O2/c51-50(52,53)39-26-43(56-41-17-6-2-13-31(41)35-21-23-37-33-15-4-8-19-45(33)58-49(37)47(35)56)42(25-38(39)29-11-9-10-28(24-29)27-54)55-40-16-5-1-12-30(40)34-20-22-36-32-14-3-7-18-44(32)57-48(36)46(34)55/h1-2,4-13,15-26H,3,14H2. The third-order valence-electron chi connectivity index (χ3n) is 11.8. The number of benzene rings is 7. The molecule has 1 aliphatic carbocycles. The summed E-state index contributed by atoms with van der Waals surface area (Å²) < 4.78 is 64.7. The van der Waals surface area contributed by atoms with E-state index in [4.69, 9.17) is 8.83 Å². The Bertz CT molecular complexity index is 3640. The normalized spacial score (nSPS) is 13.2. The summed E-state index contributed by atoms with van der Waals surface area (Å²) in [6.45, 7) is 0. The first-order valence-electron chi connectivity index (χ1n) is 19.1. The average Bonchev–Trinajstić information content (AvgIpc) is 4.00. The Balaban J connectivity index is 1.32. The molecule has 0 atom stereocenters. The fourth-order valence-corrected chi connectivity index (χ4v) is 9.38. The van der Waals surface area contributed by atoms with Crippen LogP contribution in [0.25, 0.3) is 105 Å². The predicted molar refractivity (Wildman–Crippen MR) is 225 cm³/mol. The van der Waals surface area contributed by atoms with E-state index < -0.39 is 11.7 Å².